The lowest BCUT2D eigenvalue weighted by atomic mass is 10.2. The monoisotopic (exact) mass is 290 g/mol. The molecule has 0 aliphatic rings. The first-order chi connectivity index (χ1) is 8.80. The molecule has 0 bridgehead atoms. The Labute approximate surface area is 110 Å². The van der Waals surface area contributed by atoms with Gasteiger partial charge < -0.3 is 9.47 Å². The zero-order valence-corrected chi connectivity index (χ0v) is 10.4. The largest absolute Gasteiger partial charge is 0.452 e. The topological polar surface area (TPSA) is 116 Å². The summed E-state index contributed by atoms with van der Waals surface area (Å²) in [6.07, 6.45) is 6.93. The summed E-state index contributed by atoms with van der Waals surface area (Å²) in [6.45, 7) is -0.819. The minimum absolute atomic E-state index is 0.364. The molecular formula is C10H10O8S. The number of hydrogen-bond donors (Lipinski definition) is 1. The average Bonchev–Trinajstić information content (AvgIpc) is 2.30. The number of rotatable bonds is 7. The summed E-state index contributed by atoms with van der Waals surface area (Å²) in [7, 11) is -4.96. The number of hydrogen-bond acceptors (Lipinski definition) is 7. The number of carbonyl (C=O) groups is 2. The molecule has 0 amide bonds. The number of esters is 2. The van der Waals surface area contributed by atoms with Gasteiger partial charge in [-0.2, -0.15) is 8.42 Å². The van der Waals surface area contributed by atoms with Gasteiger partial charge in [0.25, 0.3) is 0 Å². The van der Waals surface area contributed by atoms with Crippen LogP contribution in [0.3, 0.4) is 0 Å². The lowest BCUT2D eigenvalue weighted by Crippen LogP contribution is -2.32. The van der Waals surface area contributed by atoms with Crippen molar-refractivity contribution in [3.63, 3.8) is 0 Å². The normalized spacial score (nSPS) is 11.7. The summed E-state index contributed by atoms with van der Waals surface area (Å²) in [4.78, 5) is 22.5. The Morgan fingerprint density at radius 3 is 2.16 bits per heavy atom. The van der Waals surface area contributed by atoms with Crippen molar-refractivity contribution in [2.75, 3.05) is 13.2 Å². The van der Waals surface area contributed by atoms with Crippen molar-refractivity contribution in [2.24, 2.45) is 0 Å². The van der Waals surface area contributed by atoms with Gasteiger partial charge in [0.2, 0.25) is 0 Å². The molecule has 0 saturated carbocycles. The highest BCUT2D eigenvalue weighted by Gasteiger charge is 2.29. The molecule has 0 aliphatic heterocycles. The van der Waals surface area contributed by atoms with Crippen LogP contribution in [-0.4, -0.2) is 44.2 Å². The maximum Gasteiger partial charge on any atom is 0.398 e. The zero-order valence-electron chi connectivity index (χ0n) is 9.57. The van der Waals surface area contributed by atoms with E-state index < -0.39 is 41.5 Å². The summed E-state index contributed by atoms with van der Waals surface area (Å²) in [5.41, 5.74) is 0. The molecule has 0 rings (SSSR count). The molecule has 0 heterocycles. The molecule has 19 heavy (non-hydrogen) atoms. The zero-order chi connectivity index (χ0) is 14.9. The predicted octanol–water partition coefficient (Wildman–Crippen LogP) is -1.08. The van der Waals surface area contributed by atoms with E-state index in [2.05, 4.69) is 13.7 Å². The van der Waals surface area contributed by atoms with Crippen LogP contribution in [0.2, 0.25) is 0 Å². The molecule has 0 saturated heterocycles. The minimum Gasteiger partial charge on any atom is -0.452 e. The van der Waals surface area contributed by atoms with Crippen LogP contribution in [0.1, 0.15) is 6.42 Å². The SMILES string of the molecule is C#CCOC(=O)CC(OS(=O)(=O)O)C(=O)OCC#C. The standard InChI is InChI=1S/C10H10O8S/c1-3-5-16-9(11)7-8(18-19(13,14)15)10(12)17-6-4-2/h1-2,8H,5-7H2,(H,13,14,15). The fourth-order valence-electron chi connectivity index (χ4n) is 0.842. The van der Waals surface area contributed by atoms with Crippen LogP contribution < -0.4 is 0 Å². The second kappa shape index (κ2) is 8.11. The highest BCUT2D eigenvalue weighted by atomic mass is 32.3. The van der Waals surface area contributed by atoms with Gasteiger partial charge in [-0.15, -0.1) is 12.8 Å². The van der Waals surface area contributed by atoms with Gasteiger partial charge in [0.1, 0.15) is 0 Å². The summed E-state index contributed by atoms with van der Waals surface area (Å²) in [5, 5.41) is 0. The second-order valence-corrected chi connectivity index (χ2v) is 3.94. The first-order valence-corrected chi connectivity index (χ1v) is 6.01. The van der Waals surface area contributed by atoms with Gasteiger partial charge in [0.15, 0.2) is 19.3 Å². The Balaban J connectivity index is 4.69. The van der Waals surface area contributed by atoms with Crippen LogP contribution in [0.5, 0.6) is 0 Å². The van der Waals surface area contributed by atoms with Crippen molar-refractivity contribution in [3.8, 4) is 24.7 Å². The van der Waals surface area contributed by atoms with Crippen molar-refractivity contribution < 1.29 is 36.2 Å². The van der Waals surface area contributed by atoms with Crippen molar-refractivity contribution in [1.82, 2.24) is 0 Å². The van der Waals surface area contributed by atoms with Crippen LogP contribution in [0.25, 0.3) is 0 Å². The molecule has 104 valence electrons. The molecule has 9 heteroatoms. The van der Waals surface area contributed by atoms with Gasteiger partial charge in [-0.05, 0) is 0 Å². The maximum atomic E-state index is 11.3. The van der Waals surface area contributed by atoms with E-state index >= 15 is 0 Å². The highest BCUT2D eigenvalue weighted by Crippen LogP contribution is 2.07. The Hall–Kier alpha value is -2.07. The fraction of sp³-hybridized carbons (Fsp3) is 0.400. The van der Waals surface area contributed by atoms with Gasteiger partial charge in [0, 0.05) is 0 Å². The van der Waals surface area contributed by atoms with E-state index in [0.717, 1.165) is 0 Å². The Morgan fingerprint density at radius 1 is 1.16 bits per heavy atom. The molecule has 1 unspecified atom stereocenters. The molecule has 0 aromatic heterocycles. The summed E-state index contributed by atoms with van der Waals surface area (Å²) in [6, 6.07) is 0. The second-order valence-electron chi connectivity index (χ2n) is 2.89. The molecule has 0 aliphatic carbocycles. The van der Waals surface area contributed by atoms with E-state index in [-0.39, 0.29) is 6.61 Å². The smallest absolute Gasteiger partial charge is 0.398 e. The van der Waals surface area contributed by atoms with Gasteiger partial charge in [-0.1, -0.05) is 11.8 Å². The van der Waals surface area contributed by atoms with Crippen LogP contribution in [0.15, 0.2) is 0 Å². The van der Waals surface area contributed by atoms with Crippen molar-refractivity contribution in [1.29, 1.82) is 0 Å². The van der Waals surface area contributed by atoms with Crippen LogP contribution in [-0.2, 0) is 33.6 Å². The molecule has 1 N–H and O–H groups in total. The van der Waals surface area contributed by atoms with Crippen molar-refractivity contribution in [3.05, 3.63) is 0 Å². The van der Waals surface area contributed by atoms with Crippen LogP contribution in [0, 0.1) is 24.7 Å². The van der Waals surface area contributed by atoms with Crippen LogP contribution in [0.4, 0.5) is 0 Å². The van der Waals surface area contributed by atoms with E-state index in [9.17, 15) is 18.0 Å². The molecular weight excluding hydrogens is 280 g/mol. The summed E-state index contributed by atoms with van der Waals surface area (Å²) >= 11 is 0. The molecule has 0 radical (unpaired) electrons. The fourth-order valence-corrected chi connectivity index (χ4v) is 1.28. The van der Waals surface area contributed by atoms with E-state index in [1.165, 1.54) is 0 Å². The van der Waals surface area contributed by atoms with Crippen LogP contribution >= 0.6 is 0 Å². The first kappa shape index (κ1) is 16.9. The number of terminal acetylenes is 2. The third kappa shape index (κ3) is 8.63. The van der Waals surface area contributed by atoms with Gasteiger partial charge in [0.05, 0.1) is 6.42 Å². The number of carbonyl (C=O) groups excluding carboxylic acids is 2. The quantitative estimate of drug-likeness (QED) is 0.357. The predicted molar refractivity (Wildman–Crippen MR) is 60.6 cm³/mol. The lowest BCUT2D eigenvalue weighted by molar-refractivity contribution is -0.157. The van der Waals surface area contributed by atoms with Gasteiger partial charge >= 0.3 is 22.3 Å². The van der Waals surface area contributed by atoms with E-state index in [1.54, 1.807) is 0 Å². The Kier molecular flexibility index (Phi) is 7.22. The first-order valence-electron chi connectivity index (χ1n) is 4.65. The van der Waals surface area contributed by atoms with E-state index in [0.29, 0.717) is 0 Å². The van der Waals surface area contributed by atoms with E-state index in [4.69, 9.17) is 17.4 Å². The van der Waals surface area contributed by atoms with Gasteiger partial charge in [-0.25, -0.2) is 8.98 Å². The third-order valence-electron chi connectivity index (χ3n) is 1.47. The van der Waals surface area contributed by atoms with Crippen molar-refractivity contribution >= 4 is 22.3 Å². The van der Waals surface area contributed by atoms with Crippen molar-refractivity contribution in [2.45, 2.75) is 12.5 Å². The minimum atomic E-state index is -4.96. The Morgan fingerprint density at radius 2 is 1.68 bits per heavy atom. The molecule has 0 fully saturated rings. The molecule has 1 atom stereocenters. The van der Waals surface area contributed by atoms with E-state index in [1.807, 2.05) is 11.8 Å². The average molecular weight is 290 g/mol. The molecule has 0 aromatic rings. The third-order valence-corrected chi connectivity index (χ3v) is 1.94. The lowest BCUT2D eigenvalue weighted by Gasteiger charge is -2.12. The Bertz CT molecular complexity index is 507. The summed E-state index contributed by atoms with van der Waals surface area (Å²) < 4.78 is 42.3. The molecule has 8 nitrogen and oxygen atoms in total. The molecule has 0 spiro atoms. The summed E-state index contributed by atoms with van der Waals surface area (Å²) in [5.74, 6) is 1.69. The molecule has 0 aromatic carbocycles. The maximum absolute atomic E-state index is 11.3. The highest BCUT2D eigenvalue weighted by molar-refractivity contribution is 7.80. The van der Waals surface area contributed by atoms with Gasteiger partial charge in [-0.3, -0.25) is 9.35 Å². The number of ether oxygens (including phenoxy) is 2.